The van der Waals surface area contributed by atoms with Gasteiger partial charge in [0.25, 0.3) is 0 Å². The molecule has 0 bridgehead atoms. The smallest absolute Gasteiger partial charge is 0.119 e. The molecule has 2 fully saturated rings. The molecule has 6 nitrogen and oxygen atoms in total. The van der Waals surface area contributed by atoms with E-state index in [9.17, 15) is 0 Å². The Hall–Kier alpha value is -4.00. The van der Waals surface area contributed by atoms with Crippen molar-refractivity contribution in [2.45, 2.75) is 80.4 Å². The molecule has 0 spiro atoms. The summed E-state index contributed by atoms with van der Waals surface area (Å²) in [5, 5.41) is 18.3. The molecule has 4 aromatic rings. The second-order valence-corrected chi connectivity index (χ2v) is 9.51. The third-order valence-electron chi connectivity index (χ3n) is 6.21. The topological polar surface area (TPSA) is 84.0 Å². The number of benzene rings is 4. The first-order valence-electron chi connectivity index (χ1n) is 16.8. The molecular weight excluding hydrogens is 576 g/mol. The SMILES string of the molecule is CC.CC.CC.CC.Oc1ccc(Cc2ccc(O)cc2)cc1.c1cc(OCC2CO2)ccc1Cc1ccc(OCC2CO2)cc1. The molecule has 46 heavy (non-hydrogen) atoms. The number of ether oxygens (including phenoxy) is 4. The highest BCUT2D eigenvalue weighted by molar-refractivity contribution is 5.35. The number of phenols is 2. The summed E-state index contributed by atoms with van der Waals surface area (Å²) in [7, 11) is 0. The van der Waals surface area contributed by atoms with Crippen LogP contribution < -0.4 is 9.47 Å². The van der Waals surface area contributed by atoms with Gasteiger partial charge in [0.05, 0.1) is 13.2 Å². The molecule has 2 heterocycles. The maximum Gasteiger partial charge on any atom is 0.119 e. The minimum Gasteiger partial charge on any atom is -0.508 e. The molecule has 2 saturated heterocycles. The van der Waals surface area contributed by atoms with Crippen molar-refractivity contribution >= 4 is 0 Å². The highest BCUT2D eigenvalue weighted by Crippen LogP contribution is 2.20. The fraction of sp³-hybridized carbons (Fsp3) is 0.400. The number of hydrogen-bond donors (Lipinski definition) is 2. The molecule has 252 valence electrons. The zero-order valence-corrected chi connectivity index (χ0v) is 29.2. The van der Waals surface area contributed by atoms with Crippen molar-refractivity contribution in [1.29, 1.82) is 0 Å². The van der Waals surface area contributed by atoms with Crippen LogP contribution in [0, 0.1) is 0 Å². The van der Waals surface area contributed by atoms with Gasteiger partial charge >= 0.3 is 0 Å². The van der Waals surface area contributed by atoms with E-state index in [2.05, 4.69) is 24.3 Å². The van der Waals surface area contributed by atoms with Crippen molar-refractivity contribution in [3.05, 3.63) is 119 Å². The van der Waals surface area contributed by atoms with Gasteiger partial charge in [-0.25, -0.2) is 0 Å². The molecule has 2 unspecified atom stereocenters. The zero-order valence-electron chi connectivity index (χ0n) is 29.2. The van der Waals surface area contributed by atoms with Crippen LogP contribution in [-0.2, 0) is 22.3 Å². The van der Waals surface area contributed by atoms with Crippen molar-refractivity contribution in [1.82, 2.24) is 0 Å². The summed E-state index contributed by atoms with van der Waals surface area (Å²) in [5.74, 6) is 2.36. The molecule has 0 aromatic heterocycles. The lowest BCUT2D eigenvalue weighted by molar-refractivity contribution is 0.263. The Bertz CT molecular complexity index is 1160. The number of hydrogen-bond acceptors (Lipinski definition) is 6. The van der Waals surface area contributed by atoms with Crippen LogP contribution in [0.4, 0.5) is 0 Å². The Balaban J connectivity index is 0.000000400. The lowest BCUT2D eigenvalue weighted by atomic mass is 10.0. The fourth-order valence-corrected chi connectivity index (χ4v) is 3.81. The Morgan fingerprint density at radius 2 is 0.696 bits per heavy atom. The van der Waals surface area contributed by atoms with E-state index < -0.39 is 0 Å². The van der Waals surface area contributed by atoms with Gasteiger partial charge in [0, 0.05) is 0 Å². The van der Waals surface area contributed by atoms with E-state index in [1.165, 1.54) is 11.1 Å². The van der Waals surface area contributed by atoms with Gasteiger partial charge in [-0.1, -0.05) is 104 Å². The van der Waals surface area contributed by atoms with Crippen LogP contribution >= 0.6 is 0 Å². The number of epoxide rings is 2. The summed E-state index contributed by atoms with van der Waals surface area (Å²) in [6.07, 6.45) is 2.29. The first-order chi connectivity index (χ1) is 22.6. The Kier molecular flexibility index (Phi) is 21.1. The molecule has 2 N–H and O–H groups in total. The molecule has 6 rings (SSSR count). The van der Waals surface area contributed by atoms with Crippen molar-refractivity contribution in [3.63, 3.8) is 0 Å². The van der Waals surface area contributed by atoms with Gasteiger partial charge in [-0.15, -0.1) is 0 Å². The van der Waals surface area contributed by atoms with Crippen LogP contribution in [-0.4, -0.2) is 48.8 Å². The van der Waals surface area contributed by atoms with E-state index >= 15 is 0 Å². The summed E-state index contributed by atoms with van der Waals surface area (Å²) < 4.78 is 21.6. The number of aromatic hydroxyl groups is 2. The largest absolute Gasteiger partial charge is 0.508 e. The van der Waals surface area contributed by atoms with Gasteiger partial charge in [-0.05, 0) is 83.6 Å². The van der Waals surface area contributed by atoms with Gasteiger partial charge in [0.1, 0.15) is 48.4 Å². The van der Waals surface area contributed by atoms with Crippen molar-refractivity contribution in [2.24, 2.45) is 0 Å². The molecule has 0 amide bonds. The highest BCUT2D eigenvalue weighted by atomic mass is 16.6. The Labute approximate surface area is 278 Å². The second kappa shape index (κ2) is 24.3. The standard InChI is InChI=1S/C19H20O4.C13H12O2.4C2H6/c1-5-16(20-10-18-12-22-18)6-2-14(1)9-15-3-7-17(8-4-15)21-11-19-13-23-19;14-12-5-1-10(2-6-12)9-11-3-7-13(15)8-4-11;4*1-2/h1-8,18-19H,9-13H2;1-8,14-15H,9H2;4*1-2H3. The summed E-state index contributed by atoms with van der Waals surface area (Å²) in [4.78, 5) is 0. The van der Waals surface area contributed by atoms with Crippen LogP contribution in [0.15, 0.2) is 97.1 Å². The summed E-state index contributed by atoms with van der Waals surface area (Å²) >= 11 is 0. The van der Waals surface area contributed by atoms with Gasteiger partial charge in [0.15, 0.2) is 0 Å². The van der Waals surface area contributed by atoms with E-state index in [4.69, 9.17) is 29.2 Å². The Morgan fingerprint density at radius 1 is 0.457 bits per heavy atom. The quantitative estimate of drug-likeness (QED) is 0.169. The first-order valence-corrected chi connectivity index (χ1v) is 16.8. The normalized spacial score (nSPS) is 14.7. The number of rotatable bonds is 10. The molecule has 2 aliphatic rings. The minimum absolute atomic E-state index is 0.282. The van der Waals surface area contributed by atoms with Gasteiger partial charge in [-0.3, -0.25) is 0 Å². The van der Waals surface area contributed by atoms with Crippen LogP contribution in [0.3, 0.4) is 0 Å². The highest BCUT2D eigenvalue weighted by Gasteiger charge is 2.23. The average molecular weight is 633 g/mol. The van der Waals surface area contributed by atoms with Crippen LogP contribution in [0.1, 0.15) is 77.6 Å². The summed E-state index contributed by atoms with van der Waals surface area (Å²) in [6.45, 7) is 18.9. The van der Waals surface area contributed by atoms with E-state index in [1.54, 1.807) is 24.3 Å². The van der Waals surface area contributed by atoms with Crippen molar-refractivity contribution < 1.29 is 29.2 Å². The molecule has 0 saturated carbocycles. The molecule has 4 aromatic carbocycles. The second-order valence-electron chi connectivity index (χ2n) is 9.51. The molecule has 2 aliphatic heterocycles. The van der Waals surface area contributed by atoms with Crippen LogP contribution in [0.2, 0.25) is 0 Å². The molecule has 0 radical (unpaired) electrons. The van der Waals surface area contributed by atoms with E-state index in [0.717, 1.165) is 48.7 Å². The minimum atomic E-state index is 0.282. The van der Waals surface area contributed by atoms with Crippen LogP contribution in [0.5, 0.6) is 23.0 Å². The Morgan fingerprint density at radius 3 is 0.935 bits per heavy atom. The van der Waals surface area contributed by atoms with E-state index in [-0.39, 0.29) is 11.5 Å². The van der Waals surface area contributed by atoms with Crippen molar-refractivity contribution in [3.8, 4) is 23.0 Å². The van der Waals surface area contributed by atoms with E-state index in [0.29, 0.717) is 25.4 Å². The maximum atomic E-state index is 9.13. The number of phenolic OH excluding ortho intramolecular Hbond substituents is 2. The summed E-state index contributed by atoms with van der Waals surface area (Å²) in [5.41, 5.74) is 4.80. The monoisotopic (exact) mass is 632 g/mol. The van der Waals surface area contributed by atoms with E-state index in [1.807, 2.05) is 104 Å². The van der Waals surface area contributed by atoms with Crippen LogP contribution in [0.25, 0.3) is 0 Å². The lowest BCUT2D eigenvalue weighted by Gasteiger charge is -2.07. The predicted molar refractivity (Wildman–Crippen MR) is 191 cm³/mol. The predicted octanol–water partition coefficient (Wildman–Crippen LogP) is 9.63. The van der Waals surface area contributed by atoms with Gasteiger partial charge in [-0.2, -0.15) is 0 Å². The third kappa shape index (κ3) is 16.9. The average Bonchev–Trinajstić information content (AvgIpc) is 4.07. The zero-order chi connectivity index (χ0) is 34.2. The molecular formula is C40H56O6. The fourth-order valence-electron chi connectivity index (χ4n) is 3.81. The molecule has 0 aliphatic carbocycles. The third-order valence-corrected chi connectivity index (χ3v) is 6.21. The molecule has 6 heteroatoms. The van der Waals surface area contributed by atoms with Gasteiger partial charge < -0.3 is 29.2 Å². The maximum absolute atomic E-state index is 9.13. The van der Waals surface area contributed by atoms with Gasteiger partial charge in [0.2, 0.25) is 0 Å². The first kappa shape index (κ1) is 40.0. The lowest BCUT2D eigenvalue weighted by Crippen LogP contribution is -2.04. The van der Waals surface area contributed by atoms with Crippen molar-refractivity contribution in [2.75, 3.05) is 26.4 Å². The summed E-state index contributed by atoms with van der Waals surface area (Å²) in [6, 6.07) is 30.8. The molecule has 2 atom stereocenters.